The van der Waals surface area contributed by atoms with Gasteiger partial charge in [-0.3, -0.25) is 9.69 Å². The van der Waals surface area contributed by atoms with Crippen molar-refractivity contribution in [3.05, 3.63) is 35.4 Å². The van der Waals surface area contributed by atoms with Crippen LogP contribution in [0.2, 0.25) is 0 Å². The van der Waals surface area contributed by atoms with Gasteiger partial charge >= 0.3 is 0 Å². The zero-order chi connectivity index (χ0) is 17.5. The fourth-order valence-corrected chi connectivity index (χ4v) is 3.49. The Hall–Kier alpha value is -1.43. The van der Waals surface area contributed by atoms with Gasteiger partial charge in [0, 0.05) is 32.8 Å². The number of benzene rings is 1. The van der Waals surface area contributed by atoms with Crippen LogP contribution < -0.4 is 5.32 Å². The molecule has 2 aliphatic rings. The first-order valence-corrected chi connectivity index (χ1v) is 9.52. The number of amides is 1. The Morgan fingerprint density at radius 2 is 2.20 bits per heavy atom. The Kier molecular flexibility index (Phi) is 6.84. The topological polar surface area (TPSA) is 50.8 Å². The van der Waals surface area contributed by atoms with E-state index in [9.17, 15) is 4.79 Å². The highest BCUT2D eigenvalue weighted by Gasteiger charge is 2.19. The molecule has 2 atom stereocenters. The molecule has 25 heavy (non-hydrogen) atoms. The second kappa shape index (κ2) is 9.32. The van der Waals surface area contributed by atoms with E-state index in [-0.39, 0.29) is 12.0 Å². The van der Waals surface area contributed by atoms with Gasteiger partial charge in [0.2, 0.25) is 5.91 Å². The standard InChI is InChI=1S/C20H30N2O3/c1-16(25-15-19-8-4-5-13-24-19)20(23)21-10-12-22-11-9-17-6-2-3-7-18(17)14-22/h2-3,6-7,16,19H,4-5,8-15H2,1H3,(H,21,23)/t16-,19-/m0/s1. The van der Waals surface area contributed by atoms with Crippen LogP contribution in [-0.2, 0) is 27.2 Å². The lowest BCUT2D eigenvalue weighted by Gasteiger charge is -2.29. The van der Waals surface area contributed by atoms with Gasteiger partial charge in [0.05, 0.1) is 12.7 Å². The van der Waals surface area contributed by atoms with Crippen molar-refractivity contribution in [1.29, 1.82) is 0 Å². The molecule has 0 aliphatic carbocycles. The molecule has 1 aromatic rings. The minimum Gasteiger partial charge on any atom is -0.376 e. The van der Waals surface area contributed by atoms with Gasteiger partial charge in [0.1, 0.15) is 6.10 Å². The van der Waals surface area contributed by atoms with E-state index < -0.39 is 6.10 Å². The lowest BCUT2D eigenvalue weighted by Crippen LogP contribution is -2.41. The van der Waals surface area contributed by atoms with Gasteiger partial charge in [-0.2, -0.15) is 0 Å². The van der Waals surface area contributed by atoms with Crippen molar-refractivity contribution in [3.63, 3.8) is 0 Å². The predicted octanol–water partition coefficient (Wildman–Crippen LogP) is 2.14. The van der Waals surface area contributed by atoms with Gasteiger partial charge in [0.15, 0.2) is 0 Å². The van der Waals surface area contributed by atoms with E-state index in [4.69, 9.17) is 9.47 Å². The average Bonchev–Trinajstić information content (AvgIpc) is 2.66. The fourth-order valence-electron chi connectivity index (χ4n) is 3.49. The van der Waals surface area contributed by atoms with Crippen LogP contribution in [0.25, 0.3) is 0 Å². The SMILES string of the molecule is C[C@H](OC[C@@H]1CCCCO1)C(=O)NCCN1CCc2ccccc2C1. The number of rotatable bonds is 7. The molecule has 1 fully saturated rings. The maximum absolute atomic E-state index is 12.2. The molecule has 1 saturated heterocycles. The van der Waals surface area contributed by atoms with Crippen molar-refractivity contribution in [2.75, 3.05) is 32.8 Å². The van der Waals surface area contributed by atoms with Crippen LogP contribution in [-0.4, -0.2) is 55.9 Å². The van der Waals surface area contributed by atoms with E-state index in [1.807, 2.05) is 6.92 Å². The number of nitrogens with zero attached hydrogens (tertiary/aromatic N) is 1. The molecule has 0 aromatic heterocycles. The first-order valence-electron chi connectivity index (χ1n) is 9.52. The molecule has 0 bridgehead atoms. The molecular weight excluding hydrogens is 316 g/mol. The summed E-state index contributed by atoms with van der Waals surface area (Å²) in [5.74, 6) is -0.0341. The van der Waals surface area contributed by atoms with Gasteiger partial charge < -0.3 is 14.8 Å². The lowest BCUT2D eigenvalue weighted by atomic mass is 10.00. The number of fused-ring (bicyclic) bond motifs is 1. The minimum atomic E-state index is -0.424. The Balaban J connectivity index is 1.32. The first-order chi connectivity index (χ1) is 12.2. The van der Waals surface area contributed by atoms with Crippen molar-refractivity contribution in [3.8, 4) is 0 Å². The third-order valence-corrected chi connectivity index (χ3v) is 5.11. The van der Waals surface area contributed by atoms with E-state index >= 15 is 0 Å². The summed E-state index contributed by atoms with van der Waals surface area (Å²) in [6.07, 6.45) is 4.17. The second-order valence-corrected chi connectivity index (χ2v) is 7.05. The first kappa shape index (κ1) is 18.4. The molecule has 1 N–H and O–H groups in total. The summed E-state index contributed by atoms with van der Waals surface area (Å²) in [5.41, 5.74) is 2.86. The molecule has 0 unspecified atom stereocenters. The molecule has 5 nitrogen and oxygen atoms in total. The highest BCUT2D eigenvalue weighted by molar-refractivity contribution is 5.80. The number of hydrogen-bond acceptors (Lipinski definition) is 4. The monoisotopic (exact) mass is 346 g/mol. The maximum Gasteiger partial charge on any atom is 0.248 e. The summed E-state index contributed by atoms with van der Waals surface area (Å²) in [4.78, 5) is 14.6. The predicted molar refractivity (Wildman–Crippen MR) is 97.4 cm³/mol. The van der Waals surface area contributed by atoms with Crippen LogP contribution >= 0.6 is 0 Å². The zero-order valence-corrected chi connectivity index (χ0v) is 15.2. The van der Waals surface area contributed by atoms with E-state index in [1.54, 1.807) is 0 Å². The highest BCUT2D eigenvalue weighted by Crippen LogP contribution is 2.17. The average molecular weight is 346 g/mol. The Labute approximate surface area is 150 Å². The third kappa shape index (κ3) is 5.53. The van der Waals surface area contributed by atoms with Gasteiger partial charge in [-0.1, -0.05) is 24.3 Å². The van der Waals surface area contributed by atoms with Crippen LogP contribution in [0.1, 0.15) is 37.3 Å². The van der Waals surface area contributed by atoms with E-state index in [2.05, 4.69) is 34.5 Å². The summed E-state index contributed by atoms with van der Waals surface area (Å²) in [6, 6.07) is 8.61. The third-order valence-electron chi connectivity index (χ3n) is 5.11. The number of hydrogen-bond donors (Lipinski definition) is 1. The molecule has 5 heteroatoms. The lowest BCUT2D eigenvalue weighted by molar-refractivity contribution is -0.135. The number of nitrogens with one attached hydrogen (secondary N) is 1. The van der Waals surface area contributed by atoms with Crippen LogP contribution in [0.3, 0.4) is 0 Å². The number of carbonyl (C=O) groups is 1. The van der Waals surface area contributed by atoms with Crippen LogP contribution in [0, 0.1) is 0 Å². The van der Waals surface area contributed by atoms with Crippen molar-refractivity contribution in [2.45, 2.75) is 51.4 Å². The van der Waals surface area contributed by atoms with Crippen molar-refractivity contribution in [1.82, 2.24) is 10.2 Å². The molecule has 138 valence electrons. The molecular formula is C20H30N2O3. The van der Waals surface area contributed by atoms with Crippen LogP contribution in [0.15, 0.2) is 24.3 Å². The smallest absolute Gasteiger partial charge is 0.248 e. The quantitative estimate of drug-likeness (QED) is 0.822. The van der Waals surface area contributed by atoms with Crippen LogP contribution in [0.4, 0.5) is 0 Å². The second-order valence-electron chi connectivity index (χ2n) is 7.05. The van der Waals surface area contributed by atoms with Crippen molar-refractivity contribution < 1.29 is 14.3 Å². The van der Waals surface area contributed by atoms with E-state index in [0.29, 0.717) is 13.2 Å². The zero-order valence-electron chi connectivity index (χ0n) is 15.2. The summed E-state index contributed by atoms with van der Waals surface area (Å²) >= 11 is 0. The molecule has 1 aromatic carbocycles. The van der Waals surface area contributed by atoms with Gasteiger partial charge in [0.25, 0.3) is 0 Å². The highest BCUT2D eigenvalue weighted by atomic mass is 16.5. The van der Waals surface area contributed by atoms with Gasteiger partial charge in [-0.05, 0) is 43.7 Å². The molecule has 0 saturated carbocycles. The Bertz CT molecular complexity index is 558. The fraction of sp³-hybridized carbons (Fsp3) is 0.650. The van der Waals surface area contributed by atoms with Crippen molar-refractivity contribution >= 4 is 5.91 Å². The van der Waals surface area contributed by atoms with Gasteiger partial charge in [-0.25, -0.2) is 0 Å². The molecule has 0 spiro atoms. The number of ether oxygens (including phenoxy) is 2. The Morgan fingerprint density at radius 3 is 3.00 bits per heavy atom. The molecule has 1 amide bonds. The summed E-state index contributed by atoms with van der Waals surface area (Å²) in [7, 11) is 0. The molecule has 2 heterocycles. The van der Waals surface area contributed by atoms with E-state index in [0.717, 1.165) is 45.5 Å². The maximum atomic E-state index is 12.2. The molecule has 2 aliphatic heterocycles. The minimum absolute atomic E-state index is 0.0341. The Morgan fingerprint density at radius 1 is 1.36 bits per heavy atom. The summed E-state index contributed by atoms with van der Waals surface area (Å²) in [6.45, 7) is 6.70. The molecule has 3 rings (SSSR count). The summed E-state index contributed by atoms with van der Waals surface area (Å²) in [5, 5.41) is 3.00. The van der Waals surface area contributed by atoms with Crippen molar-refractivity contribution in [2.24, 2.45) is 0 Å². The largest absolute Gasteiger partial charge is 0.376 e. The molecule has 0 radical (unpaired) electrons. The normalized spacial score (nSPS) is 22.2. The van der Waals surface area contributed by atoms with Crippen LogP contribution in [0.5, 0.6) is 0 Å². The van der Waals surface area contributed by atoms with Gasteiger partial charge in [-0.15, -0.1) is 0 Å². The van der Waals surface area contributed by atoms with E-state index in [1.165, 1.54) is 17.5 Å². The summed E-state index contributed by atoms with van der Waals surface area (Å²) < 4.78 is 11.3. The number of carbonyl (C=O) groups excluding carboxylic acids is 1.